The minimum Gasteiger partial charge on any atom is -0.370 e. The first kappa shape index (κ1) is 24.3. The van der Waals surface area contributed by atoms with E-state index in [0.717, 1.165) is 54.1 Å². The van der Waals surface area contributed by atoms with Gasteiger partial charge in [-0.3, -0.25) is 9.10 Å². The maximum absolute atomic E-state index is 12.8. The van der Waals surface area contributed by atoms with E-state index in [-0.39, 0.29) is 11.7 Å². The quantitative estimate of drug-likeness (QED) is 0.651. The fourth-order valence-corrected chi connectivity index (χ4v) is 5.97. The third kappa shape index (κ3) is 4.83. The van der Waals surface area contributed by atoms with E-state index in [1.807, 2.05) is 32.9 Å². The molecule has 2 aromatic rings. The van der Waals surface area contributed by atoms with Gasteiger partial charge in [0.25, 0.3) is 5.91 Å². The second-order valence-electron chi connectivity index (χ2n) is 9.06. The van der Waals surface area contributed by atoms with E-state index in [9.17, 15) is 13.2 Å². The highest BCUT2D eigenvalue weighted by molar-refractivity contribution is 7.86. The lowest BCUT2D eigenvalue weighted by Gasteiger charge is -2.35. The summed E-state index contributed by atoms with van der Waals surface area (Å²) in [5.41, 5.74) is 4.38. The number of rotatable bonds is 6. The molecule has 10 heteroatoms. The number of nitrogens with zero attached hydrogens (tertiary/aromatic N) is 4. The van der Waals surface area contributed by atoms with E-state index in [0.29, 0.717) is 25.6 Å². The topological polar surface area (TPSA) is 102 Å². The summed E-state index contributed by atoms with van der Waals surface area (Å²) in [6.07, 6.45) is 5.54. The Bertz CT molecular complexity index is 1180. The number of hydrogen-bond acceptors (Lipinski definition) is 5. The Balaban J connectivity index is 1.70. The third-order valence-electron chi connectivity index (χ3n) is 6.59. The molecule has 0 unspecified atom stereocenters. The van der Waals surface area contributed by atoms with E-state index < -0.39 is 10.2 Å². The Morgan fingerprint density at radius 3 is 2.56 bits per heavy atom. The predicted molar refractivity (Wildman–Crippen MR) is 135 cm³/mol. The standard InChI is InChI=1S/C24H34N6O3S/c1-5-29-15-20(16-30(6-2)34(29,32)33)19-7-8-21(27-24(31)23-25-14-18(4)26-23)22(13-19)28-11-9-17(3)10-12-28/h7-8,13-15,17H,5-6,9-12,16H2,1-4H3,(H,25,26)(H,27,31). The Hall–Kier alpha value is -2.85. The van der Waals surface area contributed by atoms with Gasteiger partial charge >= 0.3 is 10.2 Å². The highest BCUT2D eigenvalue weighted by Gasteiger charge is 2.32. The maximum Gasteiger partial charge on any atom is 0.303 e. The highest BCUT2D eigenvalue weighted by atomic mass is 32.2. The zero-order valence-electron chi connectivity index (χ0n) is 20.3. The number of aromatic nitrogens is 2. The van der Waals surface area contributed by atoms with Crippen molar-refractivity contribution in [2.45, 2.75) is 40.5 Å². The van der Waals surface area contributed by atoms with Crippen LogP contribution in [0.2, 0.25) is 0 Å². The molecule has 0 aliphatic carbocycles. The molecule has 0 saturated carbocycles. The number of aromatic amines is 1. The van der Waals surface area contributed by atoms with E-state index in [4.69, 9.17) is 0 Å². The maximum atomic E-state index is 12.8. The normalized spacial score (nSPS) is 19.2. The van der Waals surface area contributed by atoms with E-state index >= 15 is 0 Å². The molecule has 2 N–H and O–H groups in total. The summed E-state index contributed by atoms with van der Waals surface area (Å²) in [6, 6.07) is 5.93. The van der Waals surface area contributed by atoms with Crippen LogP contribution in [0.4, 0.5) is 11.4 Å². The van der Waals surface area contributed by atoms with Crippen molar-refractivity contribution in [2.75, 3.05) is 42.9 Å². The van der Waals surface area contributed by atoms with Gasteiger partial charge in [0, 0.05) is 50.8 Å². The van der Waals surface area contributed by atoms with Crippen molar-refractivity contribution in [1.29, 1.82) is 0 Å². The van der Waals surface area contributed by atoms with Gasteiger partial charge in [-0.1, -0.05) is 19.9 Å². The molecule has 0 atom stereocenters. The van der Waals surface area contributed by atoms with Gasteiger partial charge in [0.1, 0.15) is 0 Å². The molecule has 2 aliphatic rings. The van der Waals surface area contributed by atoms with Gasteiger partial charge in [-0.15, -0.1) is 0 Å². The summed E-state index contributed by atoms with van der Waals surface area (Å²) >= 11 is 0. The van der Waals surface area contributed by atoms with Crippen molar-refractivity contribution in [1.82, 2.24) is 18.6 Å². The summed E-state index contributed by atoms with van der Waals surface area (Å²) in [4.78, 5) is 22.3. The van der Waals surface area contributed by atoms with Crippen molar-refractivity contribution in [2.24, 2.45) is 5.92 Å². The molecule has 1 aromatic heterocycles. The van der Waals surface area contributed by atoms with Crippen LogP contribution in [0.1, 0.15) is 55.5 Å². The molecule has 9 nitrogen and oxygen atoms in total. The number of imidazole rings is 1. The Labute approximate surface area is 202 Å². The number of anilines is 2. The first-order valence-electron chi connectivity index (χ1n) is 11.9. The van der Waals surface area contributed by atoms with Crippen LogP contribution in [0.3, 0.4) is 0 Å². The Kier molecular flexibility index (Phi) is 6.99. The lowest BCUT2D eigenvalue weighted by atomic mass is 9.97. The number of H-pyrrole nitrogens is 1. The van der Waals surface area contributed by atoms with Gasteiger partial charge in [0.05, 0.1) is 11.4 Å². The van der Waals surface area contributed by atoms with Crippen molar-refractivity contribution >= 4 is 33.1 Å². The van der Waals surface area contributed by atoms with Gasteiger partial charge in [0.15, 0.2) is 5.82 Å². The molecule has 1 fully saturated rings. The molecule has 184 valence electrons. The van der Waals surface area contributed by atoms with Crippen molar-refractivity contribution in [3.8, 4) is 0 Å². The number of benzene rings is 1. The number of carbonyl (C=O) groups excluding carboxylic acids is 1. The van der Waals surface area contributed by atoms with Crippen LogP contribution in [0.15, 0.2) is 30.6 Å². The Morgan fingerprint density at radius 2 is 1.94 bits per heavy atom. The molecule has 34 heavy (non-hydrogen) atoms. The van der Waals surface area contributed by atoms with Crippen LogP contribution < -0.4 is 10.2 Å². The fourth-order valence-electron chi connectivity index (χ4n) is 4.45. The van der Waals surface area contributed by atoms with E-state index in [1.165, 1.54) is 8.61 Å². The predicted octanol–water partition coefficient (Wildman–Crippen LogP) is 3.45. The van der Waals surface area contributed by atoms with Gasteiger partial charge < -0.3 is 15.2 Å². The van der Waals surface area contributed by atoms with Crippen LogP contribution in [0.5, 0.6) is 0 Å². The first-order chi connectivity index (χ1) is 16.2. The van der Waals surface area contributed by atoms with Gasteiger partial charge in [0.2, 0.25) is 0 Å². The molecule has 1 amide bonds. The molecule has 4 rings (SSSR count). The van der Waals surface area contributed by atoms with E-state index in [1.54, 1.807) is 12.4 Å². The third-order valence-corrected chi connectivity index (χ3v) is 8.59. The molecule has 2 aliphatic heterocycles. The minimum atomic E-state index is -3.48. The summed E-state index contributed by atoms with van der Waals surface area (Å²) in [6.45, 7) is 10.7. The van der Waals surface area contributed by atoms with Crippen LogP contribution in [-0.4, -0.2) is 65.6 Å². The molecule has 3 heterocycles. The molecular formula is C24H34N6O3S. The molecule has 1 saturated heterocycles. The Morgan fingerprint density at radius 1 is 1.21 bits per heavy atom. The molecule has 0 radical (unpaired) electrons. The van der Waals surface area contributed by atoms with Crippen molar-refractivity contribution in [3.05, 3.63) is 47.7 Å². The summed E-state index contributed by atoms with van der Waals surface area (Å²) in [5, 5.41) is 3.02. The lowest BCUT2D eigenvalue weighted by Crippen LogP contribution is -2.45. The zero-order valence-corrected chi connectivity index (χ0v) is 21.2. The van der Waals surface area contributed by atoms with Crippen LogP contribution in [-0.2, 0) is 10.2 Å². The smallest absolute Gasteiger partial charge is 0.303 e. The first-order valence-corrected chi connectivity index (χ1v) is 13.3. The average molecular weight is 487 g/mol. The highest BCUT2D eigenvalue weighted by Crippen LogP contribution is 2.35. The fraction of sp³-hybridized carbons (Fsp3) is 0.500. The number of amides is 1. The largest absolute Gasteiger partial charge is 0.370 e. The molecule has 0 bridgehead atoms. The second kappa shape index (κ2) is 9.79. The number of carbonyl (C=O) groups is 1. The number of nitrogens with one attached hydrogen (secondary N) is 2. The zero-order chi connectivity index (χ0) is 24.5. The van der Waals surface area contributed by atoms with Crippen molar-refractivity contribution < 1.29 is 13.2 Å². The van der Waals surface area contributed by atoms with E-state index in [2.05, 4.69) is 33.2 Å². The van der Waals surface area contributed by atoms with Crippen LogP contribution >= 0.6 is 0 Å². The number of likely N-dealkylation sites (N-methyl/N-ethyl adjacent to an activating group) is 1. The molecule has 0 spiro atoms. The van der Waals surface area contributed by atoms with Crippen LogP contribution in [0, 0.1) is 12.8 Å². The number of piperidine rings is 1. The number of aryl methyl sites for hydroxylation is 1. The van der Waals surface area contributed by atoms with Gasteiger partial charge in [-0.25, -0.2) is 4.98 Å². The van der Waals surface area contributed by atoms with Crippen molar-refractivity contribution in [3.63, 3.8) is 0 Å². The minimum absolute atomic E-state index is 0.275. The average Bonchev–Trinajstić information content (AvgIpc) is 3.26. The number of hydrogen-bond donors (Lipinski definition) is 2. The monoisotopic (exact) mass is 486 g/mol. The summed E-state index contributed by atoms with van der Waals surface area (Å²) < 4.78 is 28.4. The molecular weight excluding hydrogens is 452 g/mol. The van der Waals surface area contributed by atoms with Gasteiger partial charge in [-0.2, -0.15) is 12.7 Å². The molecule has 1 aromatic carbocycles. The second-order valence-corrected chi connectivity index (χ2v) is 10.9. The van der Waals surface area contributed by atoms with Crippen LogP contribution in [0.25, 0.3) is 5.57 Å². The summed E-state index contributed by atoms with van der Waals surface area (Å²) in [7, 11) is -3.48. The van der Waals surface area contributed by atoms with Gasteiger partial charge in [-0.05, 0) is 55.9 Å². The summed E-state index contributed by atoms with van der Waals surface area (Å²) in [5.74, 6) is 0.660. The SMILES string of the molecule is CCN1C=C(c2ccc(NC(=O)c3ncc(C)[nH]3)c(N3CCC(C)CC3)c2)CN(CC)S1(=O)=O. The lowest BCUT2D eigenvalue weighted by molar-refractivity contribution is 0.101.